The van der Waals surface area contributed by atoms with E-state index in [-0.39, 0.29) is 18.0 Å². The minimum Gasteiger partial charge on any atom is -0.478 e. The van der Waals surface area contributed by atoms with Gasteiger partial charge in [-0.1, -0.05) is 19.4 Å². The third-order valence-corrected chi connectivity index (χ3v) is 2.39. The first kappa shape index (κ1) is 16.0. The lowest BCUT2D eigenvalue weighted by Gasteiger charge is -2.09. The Hall–Kier alpha value is -2.03. The number of aliphatic carboxylic acids is 1. The average Bonchev–Trinajstić information content (AvgIpc) is 2.33. The summed E-state index contributed by atoms with van der Waals surface area (Å²) in [5.41, 5.74) is 0.0320. The Balaban J connectivity index is 3.97. The normalized spacial score (nSPS) is 10.9. The molecule has 0 aromatic carbocycles. The van der Waals surface area contributed by atoms with Gasteiger partial charge < -0.3 is 5.11 Å². The van der Waals surface area contributed by atoms with E-state index in [1.54, 1.807) is 0 Å². The molecule has 0 bridgehead atoms. The summed E-state index contributed by atoms with van der Waals surface area (Å²) in [6, 6.07) is -0.388. The van der Waals surface area contributed by atoms with Gasteiger partial charge in [0.2, 0.25) is 12.2 Å². The van der Waals surface area contributed by atoms with Crippen molar-refractivity contribution in [2.24, 2.45) is 9.98 Å². The molecule has 0 aliphatic carbocycles. The highest BCUT2D eigenvalue weighted by Gasteiger charge is 2.13. The van der Waals surface area contributed by atoms with Crippen LogP contribution >= 0.6 is 0 Å². The Morgan fingerprint density at radius 2 is 1.94 bits per heavy atom. The molecule has 1 unspecified atom stereocenters. The lowest BCUT2D eigenvalue weighted by atomic mass is 10.0. The van der Waals surface area contributed by atoms with Crippen molar-refractivity contribution in [3.8, 4) is 0 Å². The number of carbonyl (C=O) groups excluding carboxylic acids is 2. The number of aliphatic imine (C=N–C) groups is 2. The summed E-state index contributed by atoms with van der Waals surface area (Å²) in [7, 11) is 0. The minimum absolute atomic E-state index is 0.0320. The van der Waals surface area contributed by atoms with Gasteiger partial charge in [-0.15, -0.1) is 0 Å². The first-order valence-corrected chi connectivity index (χ1v) is 5.63. The number of rotatable bonds is 10. The molecule has 0 rings (SSSR count). The maximum atomic E-state index is 10.6. The lowest BCUT2D eigenvalue weighted by Crippen LogP contribution is -2.10. The van der Waals surface area contributed by atoms with E-state index in [1.807, 2.05) is 0 Å². The van der Waals surface area contributed by atoms with Crippen LogP contribution in [0.3, 0.4) is 0 Å². The molecule has 0 aliphatic heterocycles. The van der Waals surface area contributed by atoms with Gasteiger partial charge in [-0.2, -0.15) is 0 Å². The van der Waals surface area contributed by atoms with Crippen molar-refractivity contribution in [1.29, 1.82) is 0 Å². The van der Waals surface area contributed by atoms with E-state index < -0.39 is 5.97 Å². The predicted molar refractivity (Wildman–Crippen MR) is 64.8 cm³/mol. The molecule has 1 atom stereocenters. The third kappa shape index (κ3) is 8.16. The van der Waals surface area contributed by atoms with Gasteiger partial charge in [-0.05, 0) is 12.8 Å². The summed E-state index contributed by atoms with van der Waals surface area (Å²) in [6.07, 6.45) is 6.00. The maximum absolute atomic E-state index is 10.6. The Labute approximate surface area is 105 Å². The van der Waals surface area contributed by atoms with Crippen molar-refractivity contribution in [1.82, 2.24) is 0 Å². The monoisotopic (exact) mass is 252 g/mol. The van der Waals surface area contributed by atoms with Crippen LogP contribution in [0.1, 0.15) is 32.1 Å². The molecule has 0 spiro atoms. The Bertz CT molecular complexity index is 380. The number of isocyanates is 2. The van der Waals surface area contributed by atoms with Crippen LogP contribution < -0.4 is 0 Å². The van der Waals surface area contributed by atoms with Gasteiger partial charge >= 0.3 is 5.97 Å². The van der Waals surface area contributed by atoms with Crippen LogP contribution in [0, 0.1) is 0 Å². The van der Waals surface area contributed by atoms with Crippen LogP contribution in [0.25, 0.3) is 0 Å². The number of carboxylic acid groups (broad SMARTS) is 1. The third-order valence-electron chi connectivity index (χ3n) is 2.39. The van der Waals surface area contributed by atoms with Gasteiger partial charge in [0.1, 0.15) is 0 Å². The van der Waals surface area contributed by atoms with Crippen LogP contribution in [0.2, 0.25) is 0 Å². The molecule has 18 heavy (non-hydrogen) atoms. The Morgan fingerprint density at radius 1 is 1.22 bits per heavy atom. The van der Waals surface area contributed by atoms with Crippen molar-refractivity contribution in [2.45, 2.75) is 38.1 Å². The van der Waals surface area contributed by atoms with E-state index in [2.05, 4.69) is 16.6 Å². The van der Waals surface area contributed by atoms with Crippen LogP contribution in [0.4, 0.5) is 0 Å². The molecule has 0 aliphatic rings. The fourth-order valence-electron chi connectivity index (χ4n) is 1.45. The molecule has 0 fully saturated rings. The van der Waals surface area contributed by atoms with Crippen LogP contribution in [0.5, 0.6) is 0 Å². The van der Waals surface area contributed by atoms with E-state index in [0.29, 0.717) is 13.0 Å². The van der Waals surface area contributed by atoms with Crippen molar-refractivity contribution in [3.63, 3.8) is 0 Å². The second kappa shape index (κ2) is 10.1. The number of hydrogen-bond donors (Lipinski definition) is 1. The zero-order valence-electron chi connectivity index (χ0n) is 10.1. The zero-order valence-corrected chi connectivity index (χ0v) is 10.1. The van der Waals surface area contributed by atoms with Crippen LogP contribution in [-0.2, 0) is 14.4 Å². The number of hydrogen-bond acceptors (Lipinski definition) is 5. The van der Waals surface area contributed by atoms with Crippen molar-refractivity contribution >= 4 is 18.1 Å². The summed E-state index contributed by atoms with van der Waals surface area (Å²) in [6.45, 7) is 3.84. The van der Waals surface area contributed by atoms with Gasteiger partial charge in [0.25, 0.3) is 0 Å². The highest BCUT2D eigenvalue weighted by molar-refractivity contribution is 5.85. The lowest BCUT2D eigenvalue weighted by molar-refractivity contribution is -0.132. The molecule has 0 heterocycles. The number of nitrogens with zero attached hydrogens (tertiary/aromatic N) is 2. The topological polar surface area (TPSA) is 96.2 Å². The highest BCUT2D eigenvalue weighted by atomic mass is 16.4. The molecule has 0 radical (unpaired) electrons. The smallest absolute Gasteiger partial charge is 0.331 e. The van der Waals surface area contributed by atoms with E-state index in [9.17, 15) is 14.4 Å². The van der Waals surface area contributed by atoms with Gasteiger partial charge in [-0.25, -0.2) is 24.4 Å². The fourth-order valence-corrected chi connectivity index (χ4v) is 1.45. The van der Waals surface area contributed by atoms with E-state index in [0.717, 1.165) is 19.3 Å². The van der Waals surface area contributed by atoms with E-state index >= 15 is 0 Å². The molecule has 6 nitrogen and oxygen atoms in total. The molecule has 6 heteroatoms. The second-order valence-electron chi connectivity index (χ2n) is 3.81. The van der Waals surface area contributed by atoms with Crippen molar-refractivity contribution in [3.05, 3.63) is 12.2 Å². The first-order valence-electron chi connectivity index (χ1n) is 5.63. The van der Waals surface area contributed by atoms with Crippen LogP contribution in [0.15, 0.2) is 22.1 Å². The van der Waals surface area contributed by atoms with Gasteiger partial charge in [0.05, 0.1) is 12.6 Å². The SMILES string of the molecule is C=C(CC(CCCCCN=C=O)N=C=O)C(=O)O. The minimum atomic E-state index is -1.08. The van der Waals surface area contributed by atoms with Crippen molar-refractivity contribution in [2.75, 3.05) is 6.54 Å². The largest absolute Gasteiger partial charge is 0.478 e. The van der Waals surface area contributed by atoms with E-state index in [1.165, 1.54) is 12.2 Å². The molecule has 0 amide bonds. The standard InChI is InChI=1S/C12H16N2O4/c1-10(12(17)18)7-11(14-9-16)5-3-2-4-6-13-8-15/h11H,1-7H2,(H,17,18). The Morgan fingerprint density at radius 3 is 2.50 bits per heavy atom. The summed E-state index contributed by atoms with van der Waals surface area (Å²) >= 11 is 0. The number of carbonyl (C=O) groups is 1. The van der Waals surface area contributed by atoms with Crippen LogP contribution in [-0.4, -0.2) is 35.8 Å². The quantitative estimate of drug-likeness (QED) is 0.276. The van der Waals surface area contributed by atoms with Gasteiger partial charge in [0, 0.05) is 12.0 Å². The summed E-state index contributed by atoms with van der Waals surface area (Å²) < 4.78 is 0. The molecular formula is C12H16N2O4. The summed E-state index contributed by atoms with van der Waals surface area (Å²) in [4.78, 5) is 37.6. The molecule has 0 saturated heterocycles. The summed E-state index contributed by atoms with van der Waals surface area (Å²) in [5, 5.41) is 8.68. The second-order valence-corrected chi connectivity index (χ2v) is 3.81. The molecule has 1 N–H and O–H groups in total. The zero-order chi connectivity index (χ0) is 13.8. The average molecular weight is 252 g/mol. The van der Waals surface area contributed by atoms with Crippen molar-refractivity contribution < 1.29 is 19.5 Å². The van der Waals surface area contributed by atoms with Gasteiger partial charge in [-0.3, -0.25) is 0 Å². The van der Waals surface area contributed by atoms with Gasteiger partial charge in [0.15, 0.2) is 0 Å². The maximum Gasteiger partial charge on any atom is 0.331 e. The molecule has 0 aromatic heterocycles. The number of carboxylic acids is 1. The number of unbranched alkanes of at least 4 members (excludes halogenated alkanes) is 2. The Kier molecular flexibility index (Phi) is 9.00. The molecular weight excluding hydrogens is 236 g/mol. The predicted octanol–water partition coefficient (Wildman–Crippen LogP) is 1.62. The fraction of sp³-hybridized carbons (Fsp3) is 0.583. The van der Waals surface area contributed by atoms with E-state index in [4.69, 9.17) is 5.11 Å². The highest BCUT2D eigenvalue weighted by Crippen LogP contribution is 2.14. The molecule has 0 saturated carbocycles. The molecule has 0 aromatic rings. The summed E-state index contributed by atoms with van der Waals surface area (Å²) in [5.74, 6) is -1.08. The first-order chi connectivity index (χ1) is 8.61. The molecule has 98 valence electrons.